The van der Waals surface area contributed by atoms with Gasteiger partial charge >= 0.3 is 0 Å². The van der Waals surface area contributed by atoms with E-state index >= 15 is 0 Å². The smallest absolute Gasteiger partial charge is 0.134 e. The Morgan fingerprint density at radius 1 is 1.33 bits per heavy atom. The van der Waals surface area contributed by atoms with Gasteiger partial charge in [-0.05, 0) is 19.3 Å². The van der Waals surface area contributed by atoms with E-state index in [1.54, 1.807) is 0 Å². The summed E-state index contributed by atoms with van der Waals surface area (Å²) in [5, 5.41) is 22.9. The van der Waals surface area contributed by atoms with Crippen LogP contribution in [0.25, 0.3) is 0 Å². The largest absolute Gasteiger partial charge is 0.390 e. The van der Waals surface area contributed by atoms with E-state index in [9.17, 15) is 10.2 Å². The molecule has 0 radical (unpaired) electrons. The van der Waals surface area contributed by atoms with Crippen LogP contribution in [0.2, 0.25) is 0 Å². The third kappa shape index (κ3) is 1.72. The molecule has 1 aromatic rings. The van der Waals surface area contributed by atoms with E-state index in [0.717, 1.165) is 24.5 Å². The summed E-state index contributed by atoms with van der Waals surface area (Å²) in [6.07, 6.45) is 2.75. The van der Waals surface area contributed by atoms with Gasteiger partial charge in [0.25, 0.3) is 0 Å². The highest BCUT2D eigenvalue weighted by atomic mass is 16.3. The highest BCUT2D eigenvalue weighted by Gasteiger charge is 2.46. The Labute approximate surface area is 106 Å². The van der Waals surface area contributed by atoms with Gasteiger partial charge in [0, 0.05) is 19.2 Å². The van der Waals surface area contributed by atoms with Crippen molar-refractivity contribution in [1.82, 2.24) is 9.97 Å². The van der Waals surface area contributed by atoms with Crippen LogP contribution < -0.4 is 10.2 Å². The Hall–Kier alpha value is -1.40. The topological polar surface area (TPSA) is 81.5 Å². The molecule has 98 valence electrons. The van der Waals surface area contributed by atoms with Crippen LogP contribution in [-0.4, -0.2) is 51.5 Å². The molecule has 1 aromatic heterocycles. The van der Waals surface area contributed by atoms with Crippen molar-refractivity contribution in [2.75, 3.05) is 17.3 Å². The summed E-state index contributed by atoms with van der Waals surface area (Å²) in [5.41, 5.74) is 0. The van der Waals surface area contributed by atoms with Gasteiger partial charge < -0.3 is 20.4 Å². The number of anilines is 2. The number of hydrogen-bond acceptors (Lipinski definition) is 6. The van der Waals surface area contributed by atoms with Crippen LogP contribution in [-0.2, 0) is 0 Å². The zero-order chi connectivity index (χ0) is 12.7. The van der Waals surface area contributed by atoms with E-state index in [1.165, 1.54) is 6.33 Å². The van der Waals surface area contributed by atoms with Crippen molar-refractivity contribution >= 4 is 11.6 Å². The molecule has 0 aromatic carbocycles. The second kappa shape index (κ2) is 4.37. The number of aliphatic hydroxyl groups excluding tert-OH is 2. The number of aromatic nitrogens is 2. The number of rotatable bonds is 2. The fourth-order valence-electron chi connectivity index (χ4n) is 3.14. The lowest BCUT2D eigenvalue weighted by Gasteiger charge is -2.41. The molecule has 0 amide bonds. The highest BCUT2D eigenvalue weighted by molar-refractivity contribution is 5.51. The van der Waals surface area contributed by atoms with Crippen molar-refractivity contribution in [3.05, 3.63) is 12.4 Å². The summed E-state index contributed by atoms with van der Waals surface area (Å²) >= 11 is 0. The maximum absolute atomic E-state index is 10.1. The van der Waals surface area contributed by atoms with Gasteiger partial charge in [0.1, 0.15) is 24.1 Å². The summed E-state index contributed by atoms with van der Waals surface area (Å²) in [4.78, 5) is 10.5. The first-order valence-corrected chi connectivity index (χ1v) is 6.35. The molecule has 6 nitrogen and oxygen atoms in total. The number of fused-ring (bicyclic) bond motifs is 2. The van der Waals surface area contributed by atoms with E-state index in [2.05, 4.69) is 20.2 Å². The zero-order valence-electron chi connectivity index (χ0n) is 10.3. The van der Waals surface area contributed by atoms with Crippen molar-refractivity contribution in [3.8, 4) is 0 Å². The lowest BCUT2D eigenvalue weighted by Crippen LogP contribution is -2.54. The van der Waals surface area contributed by atoms with Crippen LogP contribution >= 0.6 is 0 Å². The van der Waals surface area contributed by atoms with Gasteiger partial charge in [-0.3, -0.25) is 0 Å². The van der Waals surface area contributed by atoms with E-state index in [0.29, 0.717) is 6.42 Å². The summed E-state index contributed by atoms with van der Waals surface area (Å²) < 4.78 is 0. The predicted octanol–water partition coefficient (Wildman–Crippen LogP) is -0.0188. The number of nitrogens with zero attached hydrogens (tertiary/aromatic N) is 3. The highest BCUT2D eigenvalue weighted by Crippen LogP contribution is 2.38. The fourth-order valence-corrected chi connectivity index (χ4v) is 3.14. The van der Waals surface area contributed by atoms with E-state index in [1.807, 2.05) is 13.1 Å². The van der Waals surface area contributed by atoms with Crippen LogP contribution in [0.15, 0.2) is 12.4 Å². The predicted molar refractivity (Wildman–Crippen MR) is 67.5 cm³/mol. The summed E-state index contributed by atoms with van der Waals surface area (Å²) in [5.74, 6) is 1.59. The van der Waals surface area contributed by atoms with Crippen LogP contribution in [0, 0.1) is 0 Å². The first-order valence-electron chi connectivity index (χ1n) is 6.35. The number of hydrogen-bond donors (Lipinski definition) is 3. The summed E-state index contributed by atoms with van der Waals surface area (Å²) in [6.45, 7) is 0. The quantitative estimate of drug-likeness (QED) is 0.684. The molecule has 2 aliphatic rings. The monoisotopic (exact) mass is 250 g/mol. The number of nitrogens with one attached hydrogen (secondary N) is 1. The number of piperidine rings is 1. The Bertz CT molecular complexity index is 442. The minimum absolute atomic E-state index is 0.0293. The second-order valence-electron chi connectivity index (χ2n) is 5.01. The van der Waals surface area contributed by atoms with Crippen molar-refractivity contribution in [3.63, 3.8) is 0 Å². The minimum Gasteiger partial charge on any atom is -0.390 e. The van der Waals surface area contributed by atoms with Gasteiger partial charge in [-0.15, -0.1) is 0 Å². The van der Waals surface area contributed by atoms with Crippen LogP contribution in [0.4, 0.5) is 11.6 Å². The normalized spacial score (nSPS) is 34.7. The first kappa shape index (κ1) is 11.7. The van der Waals surface area contributed by atoms with Gasteiger partial charge in [-0.2, -0.15) is 0 Å². The van der Waals surface area contributed by atoms with Crippen molar-refractivity contribution in [1.29, 1.82) is 0 Å². The lowest BCUT2D eigenvalue weighted by molar-refractivity contribution is -0.0135. The van der Waals surface area contributed by atoms with Gasteiger partial charge in [0.2, 0.25) is 0 Å². The van der Waals surface area contributed by atoms with Crippen LogP contribution in [0.1, 0.15) is 19.3 Å². The van der Waals surface area contributed by atoms with E-state index in [-0.39, 0.29) is 12.1 Å². The maximum Gasteiger partial charge on any atom is 0.134 e. The van der Waals surface area contributed by atoms with Gasteiger partial charge in [0.05, 0.1) is 12.1 Å². The molecular weight excluding hydrogens is 232 g/mol. The molecule has 3 heterocycles. The zero-order valence-corrected chi connectivity index (χ0v) is 10.3. The first-order chi connectivity index (χ1) is 8.70. The minimum atomic E-state index is -0.684. The summed E-state index contributed by atoms with van der Waals surface area (Å²) in [7, 11) is 1.82. The number of aliphatic hydroxyl groups is 2. The van der Waals surface area contributed by atoms with Crippen LogP contribution in [0.3, 0.4) is 0 Å². The van der Waals surface area contributed by atoms with Crippen LogP contribution in [0.5, 0.6) is 0 Å². The average molecular weight is 250 g/mol. The molecule has 0 spiro atoms. The molecule has 4 atom stereocenters. The molecule has 0 unspecified atom stereocenters. The Morgan fingerprint density at radius 2 is 2.17 bits per heavy atom. The Balaban J connectivity index is 1.92. The molecule has 3 N–H and O–H groups in total. The third-order valence-corrected chi connectivity index (χ3v) is 4.02. The SMILES string of the molecule is CNc1cc(N2[C@@H]3CC[C@H]2[C@H](O)[C@H](O)C3)ncn1. The summed E-state index contributed by atoms with van der Waals surface area (Å²) in [6, 6.07) is 2.13. The van der Waals surface area contributed by atoms with Gasteiger partial charge in [-0.1, -0.05) is 0 Å². The van der Waals surface area contributed by atoms with Crippen molar-refractivity contribution < 1.29 is 10.2 Å². The Morgan fingerprint density at radius 3 is 2.94 bits per heavy atom. The van der Waals surface area contributed by atoms with Crippen molar-refractivity contribution in [2.24, 2.45) is 0 Å². The lowest BCUT2D eigenvalue weighted by atomic mass is 9.97. The third-order valence-electron chi connectivity index (χ3n) is 4.02. The standard InChI is InChI=1S/C12H18N4O2/c1-13-10-5-11(15-6-14-10)16-7-2-3-8(16)12(18)9(17)4-7/h5-9,12,17-18H,2-4H2,1H3,(H,13,14,15)/t7-,8+,9-,12+/m1/s1. The maximum atomic E-state index is 10.1. The van der Waals surface area contributed by atoms with Crippen molar-refractivity contribution in [2.45, 2.75) is 43.6 Å². The molecule has 0 saturated carbocycles. The molecule has 2 saturated heterocycles. The van der Waals surface area contributed by atoms with E-state index < -0.39 is 12.2 Å². The Kier molecular flexibility index (Phi) is 2.83. The fraction of sp³-hybridized carbons (Fsp3) is 0.667. The molecule has 2 aliphatic heterocycles. The second-order valence-corrected chi connectivity index (χ2v) is 5.01. The average Bonchev–Trinajstić information content (AvgIpc) is 2.75. The molecule has 6 heteroatoms. The molecule has 3 rings (SSSR count). The molecule has 18 heavy (non-hydrogen) atoms. The molecule has 2 bridgehead atoms. The van der Waals surface area contributed by atoms with Gasteiger partial charge in [0.15, 0.2) is 0 Å². The molecule has 2 fully saturated rings. The van der Waals surface area contributed by atoms with E-state index in [4.69, 9.17) is 0 Å². The molecule has 0 aliphatic carbocycles. The molecular formula is C12H18N4O2. The van der Waals surface area contributed by atoms with Gasteiger partial charge in [-0.25, -0.2) is 9.97 Å².